The van der Waals surface area contributed by atoms with Crippen LogP contribution in [0.2, 0.25) is 0 Å². The number of carbonyl (C=O) groups excluding carboxylic acids is 1. The van der Waals surface area contributed by atoms with Gasteiger partial charge in [0.1, 0.15) is 0 Å². The molecule has 88 valence electrons. The van der Waals surface area contributed by atoms with Crippen molar-refractivity contribution in [1.29, 1.82) is 0 Å². The minimum Gasteiger partial charge on any atom is -0.293 e. The second kappa shape index (κ2) is 5.50. The van der Waals surface area contributed by atoms with Crippen molar-refractivity contribution >= 4 is 27.4 Å². The highest BCUT2D eigenvalue weighted by molar-refractivity contribution is 7.99. The summed E-state index contributed by atoms with van der Waals surface area (Å²) in [5, 5.41) is 0. The first-order valence-corrected chi connectivity index (χ1v) is 7.91. The van der Waals surface area contributed by atoms with E-state index in [1.807, 2.05) is 6.26 Å². The molecule has 0 aliphatic rings. The van der Waals surface area contributed by atoms with Gasteiger partial charge in [-0.15, -0.1) is 0 Å². The molecule has 0 bridgehead atoms. The van der Waals surface area contributed by atoms with Gasteiger partial charge in [0.15, 0.2) is 15.6 Å². The van der Waals surface area contributed by atoms with Crippen molar-refractivity contribution in [2.24, 2.45) is 0 Å². The van der Waals surface area contributed by atoms with Crippen LogP contribution in [0.4, 0.5) is 0 Å². The van der Waals surface area contributed by atoms with Crippen LogP contribution in [0.5, 0.6) is 0 Å². The summed E-state index contributed by atoms with van der Waals surface area (Å²) in [6.07, 6.45) is 1.85. The zero-order valence-corrected chi connectivity index (χ0v) is 10.9. The van der Waals surface area contributed by atoms with Gasteiger partial charge in [0, 0.05) is 5.56 Å². The Hall–Kier alpha value is -0.810. The van der Waals surface area contributed by atoms with Crippen LogP contribution in [0.1, 0.15) is 17.3 Å². The van der Waals surface area contributed by atoms with Gasteiger partial charge >= 0.3 is 0 Å². The van der Waals surface area contributed by atoms with Crippen molar-refractivity contribution < 1.29 is 13.2 Å². The highest BCUT2D eigenvalue weighted by atomic mass is 32.2. The van der Waals surface area contributed by atoms with E-state index in [9.17, 15) is 13.2 Å². The summed E-state index contributed by atoms with van der Waals surface area (Å²) in [7, 11) is -3.17. The van der Waals surface area contributed by atoms with Crippen LogP contribution >= 0.6 is 11.8 Å². The summed E-state index contributed by atoms with van der Waals surface area (Å²) in [6, 6.07) is 6.13. The van der Waals surface area contributed by atoms with E-state index in [1.54, 1.807) is 19.1 Å². The van der Waals surface area contributed by atoms with E-state index >= 15 is 0 Å². The van der Waals surface area contributed by atoms with Crippen LogP contribution in [-0.2, 0) is 9.84 Å². The Balaban J connectivity index is 2.96. The minimum absolute atomic E-state index is 0.0212. The lowest BCUT2D eigenvalue weighted by Crippen LogP contribution is -2.05. The van der Waals surface area contributed by atoms with Crippen molar-refractivity contribution in [2.45, 2.75) is 11.8 Å². The number of rotatable bonds is 5. The molecule has 0 aromatic heterocycles. The number of benzene rings is 1. The molecule has 0 fully saturated rings. The van der Waals surface area contributed by atoms with E-state index in [1.165, 1.54) is 23.9 Å². The molecule has 1 aromatic rings. The van der Waals surface area contributed by atoms with E-state index in [2.05, 4.69) is 0 Å². The summed E-state index contributed by atoms with van der Waals surface area (Å²) < 4.78 is 23.0. The number of carbonyl (C=O) groups is 1. The first-order chi connectivity index (χ1) is 7.51. The van der Waals surface area contributed by atoms with Crippen LogP contribution < -0.4 is 0 Å². The number of Topliss-reactive ketones (excluding diaryl/α,β-unsaturated/α-hetero) is 1. The number of hydrogen-bond donors (Lipinski definition) is 0. The van der Waals surface area contributed by atoms with Crippen molar-refractivity contribution in [3.8, 4) is 0 Å². The van der Waals surface area contributed by atoms with Gasteiger partial charge in [-0.1, -0.05) is 19.1 Å². The molecule has 0 heterocycles. The van der Waals surface area contributed by atoms with Gasteiger partial charge in [-0.25, -0.2) is 8.42 Å². The Morgan fingerprint density at radius 2 is 1.81 bits per heavy atom. The maximum atomic E-state index is 11.5. The zero-order chi connectivity index (χ0) is 12.2. The van der Waals surface area contributed by atoms with Crippen LogP contribution in [0.3, 0.4) is 0 Å². The van der Waals surface area contributed by atoms with Crippen molar-refractivity contribution in [1.82, 2.24) is 0 Å². The molecule has 0 aliphatic carbocycles. The van der Waals surface area contributed by atoms with Gasteiger partial charge in [-0.05, 0) is 18.4 Å². The molecule has 0 saturated carbocycles. The molecule has 0 atom stereocenters. The predicted molar refractivity (Wildman–Crippen MR) is 66.9 cm³/mol. The monoisotopic (exact) mass is 258 g/mol. The van der Waals surface area contributed by atoms with E-state index in [0.29, 0.717) is 11.3 Å². The molecule has 1 rings (SSSR count). The average molecular weight is 258 g/mol. The summed E-state index contributed by atoms with van der Waals surface area (Å²) in [5.74, 6) is 0.512. The molecular formula is C11H14O3S2. The first-order valence-electron chi connectivity index (χ1n) is 4.86. The molecular weight excluding hydrogens is 244 g/mol. The second-order valence-electron chi connectivity index (χ2n) is 3.28. The lowest BCUT2D eigenvalue weighted by molar-refractivity contribution is 0.102. The highest BCUT2D eigenvalue weighted by Gasteiger charge is 2.12. The Labute approximate surface area is 100 Å². The predicted octanol–water partition coefficient (Wildman–Crippen LogP) is 2.03. The smallest absolute Gasteiger partial charge is 0.178 e. The molecule has 1 aromatic carbocycles. The zero-order valence-electron chi connectivity index (χ0n) is 9.26. The standard InChI is InChI=1S/C11H14O3S2/c1-3-16(13,14)10-6-4-9(5-7-10)11(12)8-15-2/h4-7H,3,8H2,1-2H3. The average Bonchev–Trinajstić information content (AvgIpc) is 2.29. The molecule has 3 nitrogen and oxygen atoms in total. The minimum atomic E-state index is -3.17. The fraction of sp³-hybridized carbons (Fsp3) is 0.364. The van der Waals surface area contributed by atoms with E-state index < -0.39 is 9.84 Å². The molecule has 0 unspecified atom stereocenters. The number of ketones is 1. The fourth-order valence-corrected chi connectivity index (χ4v) is 2.54. The van der Waals surface area contributed by atoms with Crippen molar-refractivity contribution in [2.75, 3.05) is 17.8 Å². The van der Waals surface area contributed by atoms with Crippen LogP contribution in [0.15, 0.2) is 29.2 Å². The van der Waals surface area contributed by atoms with Crippen LogP contribution in [0.25, 0.3) is 0 Å². The molecule has 0 saturated heterocycles. The van der Waals surface area contributed by atoms with Gasteiger partial charge in [0.25, 0.3) is 0 Å². The van der Waals surface area contributed by atoms with Gasteiger partial charge < -0.3 is 0 Å². The number of sulfone groups is 1. The molecule has 0 N–H and O–H groups in total. The molecule has 0 amide bonds. The maximum Gasteiger partial charge on any atom is 0.178 e. The van der Waals surface area contributed by atoms with Crippen LogP contribution in [0, 0.1) is 0 Å². The molecule has 0 spiro atoms. The van der Waals surface area contributed by atoms with E-state index in [4.69, 9.17) is 0 Å². The van der Waals surface area contributed by atoms with Crippen molar-refractivity contribution in [3.63, 3.8) is 0 Å². The largest absolute Gasteiger partial charge is 0.293 e. The third-order valence-corrected chi connectivity index (χ3v) is 4.49. The number of thioether (sulfide) groups is 1. The second-order valence-corrected chi connectivity index (χ2v) is 6.43. The topological polar surface area (TPSA) is 51.2 Å². The SMILES string of the molecule is CCS(=O)(=O)c1ccc(C(=O)CSC)cc1. The van der Waals surface area contributed by atoms with Gasteiger partial charge in [-0.2, -0.15) is 11.8 Å². The van der Waals surface area contributed by atoms with Crippen LogP contribution in [-0.4, -0.2) is 32.0 Å². The number of hydrogen-bond acceptors (Lipinski definition) is 4. The lowest BCUT2D eigenvalue weighted by atomic mass is 10.1. The summed E-state index contributed by atoms with van der Waals surface area (Å²) in [5.41, 5.74) is 0.560. The Kier molecular flexibility index (Phi) is 4.56. The maximum absolute atomic E-state index is 11.5. The van der Waals surface area contributed by atoms with E-state index in [-0.39, 0.29) is 16.4 Å². The first kappa shape index (κ1) is 13.3. The highest BCUT2D eigenvalue weighted by Crippen LogP contribution is 2.13. The fourth-order valence-electron chi connectivity index (χ4n) is 1.23. The third kappa shape index (κ3) is 3.09. The lowest BCUT2D eigenvalue weighted by Gasteiger charge is -2.02. The molecule has 5 heteroatoms. The quantitative estimate of drug-likeness (QED) is 0.758. The summed E-state index contributed by atoms with van der Waals surface area (Å²) in [6.45, 7) is 1.60. The Bertz CT molecular complexity index is 461. The Morgan fingerprint density at radius 3 is 2.25 bits per heavy atom. The van der Waals surface area contributed by atoms with Gasteiger partial charge in [0.05, 0.1) is 16.4 Å². The third-order valence-electron chi connectivity index (χ3n) is 2.19. The van der Waals surface area contributed by atoms with Crippen molar-refractivity contribution in [3.05, 3.63) is 29.8 Å². The molecule has 0 radical (unpaired) electrons. The molecule has 0 aliphatic heterocycles. The van der Waals surface area contributed by atoms with Gasteiger partial charge in [0.2, 0.25) is 0 Å². The normalized spacial score (nSPS) is 11.4. The summed E-state index contributed by atoms with van der Waals surface area (Å²) in [4.78, 5) is 11.8. The molecule has 16 heavy (non-hydrogen) atoms. The Morgan fingerprint density at radius 1 is 1.25 bits per heavy atom. The van der Waals surface area contributed by atoms with E-state index in [0.717, 1.165) is 0 Å². The summed E-state index contributed by atoms with van der Waals surface area (Å²) >= 11 is 1.45. The van der Waals surface area contributed by atoms with Gasteiger partial charge in [-0.3, -0.25) is 4.79 Å².